The van der Waals surface area contributed by atoms with Gasteiger partial charge in [0, 0.05) is 79.7 Å². The van der Waals surface area contributed by atoms with E-state index in [1.165, 1.54) is 109 Å². The van der Waals surface area contributed by atoms with E-state index in [-0.39, 0.29) is 232 Å². The van der Waals surface area contributed by atoms with E-state index in [2.05, 4.69) is 21.9 Å². The number of phenolic OH excluding ortho intramolecular Hbond substituents is 8. The van der Waals surface area contributed by atoms with Crippen LogP contribution in [0.1, 0.15) is 7.43 Å². The molecule has 0 amide bonds. The molecule has 12 rings (SSSR count). The summed E-state index contributed by atoms with van der Waals surface area (Å²) in [7, 11) is 6.53. The summed E-state index contributed by atoms with van der Waals surface area (Å²) in [5.41, 5.74) is 0.617. The molecule has 4 aromatic heterocycles. The molecule has 8 aromatic carbocycles. The molecule has 0 saturated carbocycles. The Hall–Kier alpha value is -10.5. The monoisotopic (exact) mass is 1400 g/mol. The van der Waals surface area contributed by atoms with E-state index in [0.29, 0.717) is 22.3 Å². The van der Waals surface area contributed by atoms with Crippen LogP contribution in [-0.2, 0) is 63.4 Å². The standard InChI is InChI=1S/2C30H18O10.2C3H8OS.CH4.2Fe/c2*31-15-4-1-13(2-5-15)24-12-23(38)29-21(36)10-20(35)27(30(29)40-24)17-7-14(3-6-18(17)33)25-11-22(37)28-19(34)8-16(32)9-26(28)39-25;2*1-4-5(2)3;;;/h2*1-12,31-36H;2*1H2,2-3H3;1H4;;/p+8. The van der Waals surface area contributed by atoms with Crippen molar-refractivity contribution in [3.05, 3.63) is 182 Å². The summed E-state index contributed by atoms with van der Waals surface area (Å²) in [6, 6.07) is 32.9. The summed E-state index contributed by atoms with van der Waals surface area (Å²) in [6.07, 6.45) is 7.86. The average molecular weight is 1400 g/mol. The molecule has 0 aliphatic heterocycles. The van der Waals surface area contributed by atoms with Crippen LogP contribution < -0.4 is 21.7 Å². The number of hydrogen-bond donors (Lipinski definition) is 8. The summed E-state index contributed by atoms with van der Waals surface area (Å²) < 4.78 is 32.9. The van der Waals surface area contributed by atoms with Gasteiger partial charge < -0.3 is 86.6 Å². The van der Waals surface area contributed by atoms with E-state index in [1.807, 2.05) is 25.0 Å². The van der Waals surface area contributed by atoms with Crippen LogP contribution in [0.25, 0.3) is 111 Å². The van der Waals surface area contributed by atoms with Gasteiger partial charge in [0.2, 0.25) is 21.5 Å². The first-order valence-electron chi connectivity index (χ1n) is 26.3. The topological polar surface area (TPSA) is 414 Å². The fourth-order valence-electron chi connectivity index (χ4n) is 9.37. The van der Waals surface area contributed by atoms with Crippen molar-refractivity contribution < 1.29 is 140 Å². The number of fused-ring (bicyclic) bond motifs is 4. The summed E-state index contributed by atoms with van der Waals surface area (Å²) in [6.45, 7) is 0. The van der Waals surface area contributed by atoms with Crippen molar-refractivity contribution in [2.24, 2.45) is 0 Å². The normalized spacial score (nSPS) is 10.7. The second-order valence-corrected chi connectivity index (χ2v) is 23.5. The first kappa shape index (κ1) is 71.6. The first-order chi connectivity index (χ1) is 42.7. The Morgan fingerprint density at radius 2 is 0.634 bits per heavy atom. The molecule has 0 aliphatic carbocycles. The van der Waals surface area contributed by atoms with Crippen LogP contribution in [0.3, 0.4) is 0 Å². The fraction of sp³-hybridized carbons (Fsp3) is 0.0746. The van der Waals surface area contributed by atoms with Crippen molar-refractivity contribution in [1.82, 2.24) is 0 Å². The minimum Gasteiger partial charge on any atom is -0.592 e. The molecule has 484 valence electrons. The van der Waals surface area contributed by atoms with Gasteiger partial charge in [-0.1, -0.05) is 7.43 Å². The Kier molecular flexibility index (Phi) is 22.8. The van der Waals surface area contributed by atoms with Crippen molar-refractivity contribution in [1.29, 1.82) is 0 Å². The summed E-state index contributed by atoms with van der Waals surface area (Å²) in [4.78, 5) is 42.9. The van der Waals surface area contributed by atoms with Crippen LogP contribution >= 0.6 is 0 Å². The number of phenols is 8. The SMILES string of the molecule is C.Oc1ccc(-c2cc(=[OH+])c3c([OH2+])cc(O)c(-c4cc(-c5cc(=[OH+])c6c([OH2+])cc(O)cc6o5)ccc4O)c3o2)cc1.Oc1ccc(-c2cc(=[OH+])c3c([OH2+])cc(O)c(-c4cc(-c5cc(=[OH+])c6c([OH2+])cc(O)cc6o5)ccc4O)c3o2)cc1.[CH2-][O+]=S(C)C.[CH2-][O+]=S(C)C.[Fe].[Fe]. The number of benzene rings is 8. The van der Waals surface area contributed by atoms with Crippen molar-refractivity contribution in [2.75, 3.05) is 25.0 Å². The van der Waals surface area contributed by atoms with Crippen molar-refractivity contribution in [3.63, 3.8) is 0 Å². The molecule has 0 radical (unpaired) electrons. The minimum absolute atomic E-state index is 0. The van der Waals surface area contributed by atoms with Gasteiger partial charge in [-0.05, 0) is 84.9 Å². The largest absolute Gasteiger partial charge is 0.592 e. The number of aromatic hydroxyl groups is 8. The Morgan fingerprint density at radius 3 is 0.946 bits per heavy atom. The molecular formula is C67H64Fe2O22S2+8. The number of hydrogen-bond acceptors (Lipinski definition) is 12. The zero-order chi connectivity index (χ0) is 65.2. The van der Waals surface area contributed by atoms with Gasteiger partial charge >= 0.3 is 21.7 Å². The minimum atomic E-state index is -0.405. The molecule has 26 heteroatoms. The molecule has 12 aromatic rings. The van der Waals surface area contributed by atoms with Gasteiger partial charge in [-0.15, -0.1) is 0 Å². The maximum atomic E-state index is 10.9. The first-order valence-corrected chi connectivity index (χ1v) is 30.2. The molecule has 0 bridgehead atoms. The molecule has 20 N–H and O–H groups in total. The zero-order valence-electron chi connectivity index (χ0n) is 48.6. The van der Waals surface area contributed by atoms with Gasteiger partial charge in [0.1, 0.15) is 90.6 Å². The van der Waals surface area contributed by atoms with Crippen LogP contribution in [-0.4, -0.2) is 105 Å². The molecule has 4 heterocycles. The van der Waals surface area contributed by atoms with Crippen LogP contribution in [0.4, 0.5) is 0 Å². The second-order valence-electron chi connectivity index (χ2n) is 20.0. The smallest absolute Gasteiger partial charge is 0.364 e. The van der Waals surface area contributed by atoms with E-state index >= 15 is 0 Å². The van der Waals surface area contributed by atoms with Gasteiger partial charge in [0.15, 0.2) is 22.3 Å². The van der Waals surface area contributed by atoms with Crippen LogP contribution in [0, 0.1) is 14.2 Å². The van der Waals surface area contributed by atoms with Crippen LogP contribution in [0.2, 0.25) is 0 Å². The molecule has 0 aliphatic rings. The molecule has 0 atom stereocenters. The Labute approximate surface area is 552 Å². The van der Waals surface area contributed by atoms with E-state index < -0.39 is 11.5 Å². The molecule has 0 saturated heterocycles. The summed E-state index contributed by atoms with van der Waals surface area (Å²) in [5, 5.41) is 116. The molecule has 0 unspecified atom stereocenters. The molecule has 93 heavy (non-hydrogen) atoms. The van der Waals surface area contributed by atoms with Crippen molar-refractivity contribution in [2.45, 2.75) is 7.43 Å². The number of rotatable bonds is 6. The second kappa shape index (κ2) is 29.7. The third-order valence-corrected chi connectivity index (χ3v) is 14.5. The fourth-order valence-corrected chi connectivity index (χ4v) is 9.37. The summed E-state index contributed by atoms with van der Waals surface area (Å²) >= 11 is 0. The van der Waals surface area contributed by atoms with E-state index in [9.17, 15) is 60.0 Å². The van der Waals surface area contributed by atoms with Gasteiger partial charge in [0.05, 0.1) is 98.9 Å². The molecular weight excluding hydrogens is 1330 g/mol. The van der Waals surface area contributed by atoms with Gasteiger partial charge in [-0.25, -0.2) is 0 Å². The van der Waals surface area contributed by atoms with E-state index in [1.54, 1.807) is 24.3 Å². The average Bonchev–Trinajstić information content (AvgIpc) is 0.760. The van der Waals surface area contributed by atoms with Crippen LogP contribution in [0.5, 0.6) is 69.0 Å². The zero-order valence-corrected chi connectivity index (χ0v) is 52.5. The third-order valence-electron chi connectivity index (χ3n) is 13.5. The maximum Gasteiger partial charge on any atom is 0.364 e. The molecule has 0 fully saturated rings. The van der Waals surface area contributed by atoms with Crippen molar-refractivity contribution >= 4 is 65.5 Å². The predicted molar refractivity (Wildman–Crippen MR) is 348 cm³/mol. The Morgan fingerprint density at radius 1 is 0.355 bits per heavy atom. The van der Waals surface area contributed by atoms with E-state index in [0.717, 1.165) is 12.1 Å². The quantitative estimate of drug-likeness (QED) is 0.0438. The maximum absolute atomic E-state index is 10.9. The van der Waals surface area contributed by atoms with Gasteiger partial charge in [-0.2, -0.15) is 0 Å². The molecule has 0 spiro atoms. The van der Waals surface area contributed by atoms with Gasteiger partial charge in [-0.3, -0.25) is 19.2 Å². The van der Waals surface area contributed by atoms with Gasteiger partial charge in [0.25, 0.3) is 23.0 Å². The third kappa shape index (κ3) is 15.3. The predicted octanol–water partition coefficient (Wildman–Crippen LogP) is 9.48. The Bertz CT molecular complexity index is 4820. The van der Waals surface area contributed by atoms with Crippen molar-refractivity contribution in [3.8, 4) is 137 Å². The van der Waals surface area contributed by atoms with E-state index in [4.69, 9.17) is 38.1 Å². The summed E-state index contributed by atoms with van der Waals surface area (Å²) in [5.74, 6) is -1.82. The molecule has 22 nitrogen and oxygen atoms in total. The Balaban J connectivity index is 0.000000250. The van der Waals surface area contributed by atoms with Crippen LogP contribution in [0.15, 0.2) is 163 Å².